The molecular weight excluding hydrogens is 362 g/mol. The lowest BCUT2D eigenvalue weighted by Gasteiger charge is -2.37. The highest BCUT2D eigenvalue weighted by molar-refractivity contribution is 5.76. The Balaban J connectivity index is 1.72. The zero-order valence-corrected chi connectivity index (χ0v) is 17.8. The van der Waals surface area contributed by atoms with Crippen molar-refractivity contribution in [1.29, 1.82) is 0 Å². The van der Waals surface area contributed by atoms with Gasteiger partial charge in [-0.3, -0.25) is 14.7 Å². The minimum Gasteiger partial charge on any atom is -0.497 e. The molecule has 0 aliphatic carbocycles. The first-order valence-electron chi connectivity index (χ1n) is 10.6. The van der Waals surface area contributed by atoms with Crippen molar-refractivity contribution >= 4 is 5.91 Å². The third kappa shape index (κ3) is 6.29. The number of carbonyl (C=O) groups is 1. The molecule has 29 heavy (non-hydrogen) atoms. The second-order valence-electron chi connectivity index (χ2n) is 8.39. The average molecular weight is 396 g/mol. The molecule has 1 saturated heterocycles. The number of hydrogen-bond donors (Lipinski definition) is 1. The number of carbonyl (C=O) groups excluding carboxylic acids is 1. The van der Waals surface area contributed by atoms with Gasteiger partial charge in [0.1, 0.15) is 5.75 Å². The molecule has 2 unspecified atom stereocenters. The summed E-state index contributed by atoms with van der Waals surface area (Å²) in [5.74, 6) is 1.69. The van der Waals surface area contributed by atoms with Crippen LogP contribution < -0.4 is 10.1 Å². The maximum Gasteiger partial charge on any atom is 0.220 e. The first-order valence-corrected chi connectivity index (χ1v) is 10.6. The van der Waals surface area contributed by atoms with Gasteiger partial charge in [0.2, 0.25) is 5.91 Å². The zero-order valence-electron chi connectivity index (χ0n) is 17.8. The lowest BCUT2D eigenvalue weighted by atomic mass is 9.88. The number of pyridine rings is 1. The molecule has 1 aliphatic rings. The predicted molar refractivity (Wildman–Crippen MR) is 116 cm³/mol. The number of likely N-dealkylation sites (tertiary alicyclic amines) is 1. The molecule has 2 atom stereocenters. The molecule has 1 amide bonds. The Morgan fingerprint density at radius 2 is 2.14 bits per heavy atom. The predicted octanol–water partition coefficient (Wildman–Crippen LogP) is 4.21. The Labute approximate surface area is 174 Å². The molecule has 2 aromatic rings. The van der Waals surface area contributed by atoms with E-state index in [9.17, 15) is 4.79 Å². The third-order valence-electron chi connectivity index (χ3n) is 5.47. The van der Waals surface area contributed by atoms with E-state index in [1.54, 1.807) is 7.11 Å². The van der Waals surface area contributed by atoms with Crippen molar-refractivity contribution in [3.63, 3.8) is 0 Å². The Morgan fingerprint density at radius 1 is 1.28 bits per heavy atom. The number of hydrogen-bond acceptors (Lipinski definition) is 4. The Hall–Kier alpha value is -2.40. The van der Waals surface area contributed by atoms with Gasteiger partial charge in [0, 0.05) is 25.7 Å². The van der Waals surface area contributed by atoms with Crippen LogP contribution in [0.1, 0.15) is 50.4 Å². The molecule has 1 aromatic heterocycles. The van der Waals surface area contributed by atoms with Crippen molar-refractivity contribution in [1.82, 2.24) is 15.2 Å². The normalized spacial score (nSPS) is 18.4. The summed E-state index contributed by atoms with van der Waals surface area (Å²) in [4.78, 5) is 19.6. The first kappa shape index (κ1) is 21.3. The lowest BCUT2D eigenvalue weighted by Crippen LogP contribution is -2.43. The van der Waals surface area contributed by atoms with E-state index in [-0.39, 0.29) is 11.9 Å². The molecule has 156 valence electrons. The fourth-order valence-corrected chi connectivity index (χ4v) is 4.13. The number of amides is 1. The van der Waals surface area contributed by atoms with Gasteiger partial charge in [0.05, 0.1) is 18.8 Å². The number of nitrogens with one attached hydrogen (secondary N) is 1. The highest BCUT2D eigenvalue weighted by Gasteiger charge is 2.30. The molecule has 1 aromatic carbocycles. The summed E-state index contributed by atoms with van der Waals surface area (Å²) < 4.78 is 5.36. The minimum atomic E-state index is -0.0458. The summed E-state index contributed by atoms with van der Waals surface area (Å²) in [6.45, 7) is 7.06. The topological polar surface area (TPSA) is 54.5 Å². The van der Waals surface area contributed by atoms with Crippen molar-refractivity contribution in [2.45, 2.75) is 45.7 Å². The molecule has 5 heteroatoms. The molecular formula is C24H33N3O2. The molecule has 5 nitrogen and oxygen atoms in total. The highest BCUT2D eigenvalue weighted by atomic mass is 16.5. The average Bonchev–Trinajstić information content (AvgIpc) is 2.72. The molecule has 2 heterocycles. The van der Waals surface area contributed by atoms with Crippen LogP contribution in [0.2, 0.25) is 0 Å². The van der Waals surface area contributed by atoms with E-state index in [1.807, 2.05) is 36.5 Å². The van der Waals surface area contributed by atoms with Crippen molar-refractivity contribution in [2.24, 2.45) is 11.8 Å². The van der Waals surface area contributed by atoms with Gasteiger partial charge in [-0.1, -0.05) is 32.0 Å². The Morgan fingerprint density at radius 3 is 2.86 bits per heavy atom. The molecule has 3 rings (SSSR count). The van der Waals surface area contributed by atoms with E-state index in [1.165, 1.54) is 5.56 Å². The summed E-state index contributed by atoms with van der Waals surface area (Å²) in [6.07, 6.45) is 4.58. The van der Waals surface area contributed by atoms with E-state index in [2.05, 4.69) is 41.2 Å². The SMILES string of the molecule is COc1cccc(CN2CCCC(C(NC(=O)CC(C)C)c3ccccn3)C2)c1. The zero-order chi connectivity index (χ0) is 20.6. The number of ether oxygens (including phenoxy) is 1. The van der Waals surface area contributed by atoms with Crippen LogP contribution in [0.25, 0.3) is 0 Å². The third-order valence-corrected chi connectivity index (χ3v) is 5.47. The smallest absolute Gasteiger partial charge is 0.220 e. The number of benzene rings is 1. The van der Waals surface area contributed by atoms with Gasteiger partial charge in [0.15, 0.2) is 0 Å². The standard InChI is InChI=1S/C24H33N3O2/c1-18(2)14-23(28)26-24(22-11-4-5-12-25-22)20-9-7-13-27(17-20)16-19-8-6-10-21(15-19)29-3/h4-6,8,10-12,15,18,20,24H,7,9,13-14,16-17H2,1-3H3,(H,26,28). The van der Waals surface area contributed by atoms with Gasteiger partial charge in [-0.25, -0.2) is 0 Å². The van der Waals surface area contributed by atoms with Gasteiger partial charge in [-0.2, -0.15) is 0 Å². The van der Waals surface area contributed by atoms with E-state index in [0.717, 1.165) is 43.9 Å². The number of nitrogens with zero attached hydrogens (tertiary/aromatic N) is 2. The van der Waals surface area contributed by atoms with Crippen LogP contribution in [-0.4, -0.2) is 36.0 Å². The van der Waals surface area contributed by atoms with E-state index >= 15 is 0 Å². The van der Waals surface area contributed by atoms with Crippen molar-refractivity contribution < 1.29 is 9.53 Å². The summed E-state index contributed by atoms with van der Waals surface area (Å²) in [5, 5.41) is 3.29. The molecule has 0 saturated carbocycles. The van der Waals surface area contributed by atoms with Crippen LogP contribution >= 0.6 is 0 Å². The van der Waals surface area contributed by atoms with E-state index < -0.39 is 0 Å². The van der Waals surface area contributed by atoms with Crippen molar-refractivity contribution in [3.8, 4) is 5.75 Å². The molecule has 0 spiro atoms. The maximum atomic E-state index is 12.6. The number of methoxy groups -OCH3 is 1. The molecule has 1 fully saturated rings. The van der Waals surface area contributed by atoms with Crippen LogP contribution in [-0.2, 0) is 11.3 Å². The largest absolute Gasteiger partial charge is 0.497 e. The minimum absolute atomic E-state index is 0.0458. The second kappa shape index (κ2) is 10.4. The van der Waals surface area contributed by atoms with Crippen LogP contribution in [0.5, 0.6) is 5.75 Å². The van der Waals surface area contributed by atoms with Gasteiger partial charge < -0.3 is 10.1 Å². The van der Waals surface area contributed by atoms with Crippen LogP contribution in [0.15, 0.2) is 48.7 Å². The molecule has 0 bridgehead atoms. The van der Waals surface area contributed by atoms with Gasteiger partial charge in [-0.05, 0) is 61.1 Å². The molecule has 0 radical (unpaired) electrons. The van der Waals surface area contributed by atoms with E-state index in [4.69, 9.17) is 4.74 Å². The van der Waals surface area contributed by atoms with Crippen molar-refractivity contribution in [2.75, 3.05) is 20.2 Å². The molecule has 1 N–H and O–H groups in total. The quantitative estimate of drug-likeness (QED) is 0.728. The first-order chi connectivity index (χ1) is 14.0. The summed E-state index contributed by atoms with van der Waals surface area (Å²) in [6, 6.07) is 14.2. The number of rotatable bonds is 8. The van der Waals surface area contributed by atoms with Gasteiger partial charge in [0.25, 0.3) is 0 Å². The summed E-state index contributed by atoms with van der Waals surface area (Å²) >= 11 is 0. The van der Waals surface area contributed by atoms with E-state index in [0.29, 0.717) is 18.3 Å². The fourth-order valence-electron chi connectivity index (χ4n) is 4.13. The van der Waals surface area contributed by atoms with Gasteiger partial charge >= 0.3 is 0 Å². The van der Waals surface area contributed by atoms with Crippen LogP contribution in [0.4, 0.5) is 0 Å². The Kier molecular flexibility index (Phi) is 7.64. The van der Waals surface area contributed by atoms with Crippen molar-refractivity contribution in [3.05, 3.63) is 59.9 Å². The summed E-state index contributed by atoms with van der Waals surface area (Å²) in [7, 11) is 1.70. The fraction of sp³-hybridized carbons (Fsp3) is 0.500. The second-order valence-corrected chi connectivity index (χ2v) is 8.39. The van der Waals surface area contributed by atoms with Crippen LogP contribution in [0.3, 0.4) is 0 Å². The highest BCUT2D eigenvalue weighted by Crippen LogP contribution is 2.30. The maximum absolute atomic E-state index is 12.6. The number of aromatic nitrogens is 1. The number of piperidine rings is 1. The molecule has 1 aliphatic heterocycles. The Bertz CT molecular complexity index is 779. The summed E-state index contributed by atoms with van der Waals surface area (Å²) in [5.41, 5.74) is 2.21. The lowest BCUT2D eigenvalue weighted by molar-refractivity contribution is -0.123. The monoisotopic (exact) mass is 395 g/mol. The van der Waals surface area contributed by atoms with Gasteiger partial charge in [-0.15, -0.1) is 0 Å². The van der Waals surface area contributed by atoms with Crippen LogP contribution in [0, 0.1) is 11.8 Å².